The van der Waals surface area contributed by atoms with Crippen LogP contribution in [0.25, 0.3) is 0 Å². The molecule has 2 amide bonds. The molecule has 2 heterocycles. The van der Waals surface area contributed by atoms with Crippen LogP contribution >= 0.6 is 0 Å². The zero-order valence-corrected chi connectivity index (χ0v) is 11.4. The van der Waals surface area contributed by atoms with E-state index in [4.69, 9.17) is 9.47 Å². The van der Waals surface area contributed by atoms with Gasteiger partial charge in [-0.1, -0.05) is 6.92 Å². The fourth-order valence-electron chi connectivity index (χ4n) is 2.68. The Kier molecular flexibility index (Phi) is 4.45. The minimum Gasteiger partial charge on any atom is -0.378 e. The molecule has 2 rings (SSSR count). The van der Waals surface area contributed by atoms with E-state index in [1.807, 2.05) is 4.90 Å². The summed E-state index contributed by atoms with van der Waals surface area (Å²) in [5, 5.41) is 2.99. The van der Waals surface area contributed by atoms with Crippen molar-refractivity contribution < 1.29 is 14.3 Å². The maximum absolute atomic E-state index is 12.1. The summed E-state index contributed by atoms with van der Waals surface area (Å²) in [4.78, 5) is 14.0. The van der Waals surface area contributed by atoms with Crippen LogP contribution in [-0.2, 0) is 9.47 Å². The molecule has 0 aromatic heterocycles. The third-order valence-corrected chi connectivity index (χ3v) is 4.01. The van der Waals surface area contributed by atoms with Gasteiger partial charge in [0, 0.05) is 33.2 Å². The number of carbonyl (C=O) groups excluding carboxylic acids is 1. The first-order valence-electron chi connectivity index (χ1n) is 6.81. The Bertz CT molecular complexity index is 290. The van der Waals surface area contributed by atoms with E-state index in [9.17, 15) is 4.79 Å². The molecule has 1 N–H and O–H groups in total. The molecule has 0 aliphatic carbocycles. The normalized spacial score (nSPS) is 32.6. The maximum atomic E-state index is 12.1. The van der Waals surface area contributed by atoms with E-state index < -0.39 is 0 Å². The summed E-state index contributed by atoms with van der Waals surface area (Å²) in [5.74, 6) is 0.607. The van der Waals surface area contributed by atoms with Gasteiger partial charge < -0.3 is 19.7 Å². The smallest absolute Gasteiger partial charge is 0.317 e. The number of hydrogen-bond donors (Lipinski definition) is 1. The first kappa shape index (κ1) is 13.6. The van der Waals surface area contributed by atoms with Crippen molar-refractivity contribution in [1.29, 1.82) is 0 Å². The Morgan fingerprint density at radius 2 is 2.44 bits per heavy atom. The highest BCUT2D eigenvalue weighted by molar-refractivity contribution is 5.74. The van der Waals surface area contributed by atoms with Gasteiger partial charge in [0.05, 0.1) is 13.2 Å². The van der Waals surface area contributed by atoms with Crippen LogP contribution in [0.3, 0.4) is 0 Å². The molecule has 0 spiro atoms. The first-order valence-corrected chi connectivity index (χ1v) is 6.81. The third-order valence-electron chi connectivity index (χ3n) is 4.01. The van der Waals surface area contributed by atoms with Gasteiger partial charge in [-0.3, -0.25) is 0 Å². The monoisotopic (exact) mass is 256 g/mol. The fourth-order valence-corrected chi connectivity index (χ4v) is 2.68. The van der Waals surface area contributed by atoms with Gasteiger partial charge in [-0.25, -0.2) is 4.79 Å². The number of carbonyl (C=O) groups is 1. The minimum atomic E-state index is -0.322. The molecule has 5 nitrogen and oxygen atoms in total. The van der Waals surface area contributed by atoms with E-state index in [-0.39, 0.29) is 11.6 Å². The molecule has 0 radical (unpaired) electrons. The van der Waals surface area contributed by atoms with Gasteiger partial charge in [-0.05, 0) is 18.8 Å². The highest BCUT2D eigenvalue weighted by Gasteiger charge is 2.35. The van der Waals surface area contributed by atoms with Gasteiger partial charge in [-0.15, -0.1) is 0 Å². The predicted molar refractivity (Wildman–Crippen MR) is 68.5 cm³/mol. The molecule has 2 atom stereocenters. The lowest BCUT2D eigenvalue weighted by molar-refractivity contribution is -0.0146. The van der Waals surface area contributed by atoms with Crippen LogP contribution in [0.5, 0.6) is 0 Å². The quantitative estimate of drug-likeness (QED) is 0.826. The van der Waals surface area contributed by atoms with Gasteiger partial charge in [0.2, 0.25) is 0 Å². The summed E-state index contributed by atoms with van der Waals surface area (Å²) >= 11 is 0. The van der Waals surface area contributed by atoms with Gasteiger partial charge in [-0.2, -0.15) is 0 Å². The highest BCUT2D eigenvalue weighted by atomic mass is 16.5. The number of methoxy groups -OCH3 is 1. The maximum Gasteiger partial charge on any atom is 0.317 e. The fraction of sp³-hybridized carbons (Fsp3) is 0.923. The van der Waals surface area contributed by atoms with Crippen LogP contribution in [0.4, 0.5) is 4.79 Å². The second-order valence-corrected chi connectivity index (χ2v) is 5.54. The summed E-state index contributed by atoms with van der Waals surface area (Å²) in [6, 6.07) is 0.0323. The lowest BCUT2D eigenvalue weighted by Crippen LogP contribution is -2.51. The molecule has 2 aliphatic heterocycles. The van der Waals surface area contributed by atoms with Crippen LogP contribution in [0.2, 0.25) is 0 Å². The van der Waals surface area contributed by atoms with Gasteiger partial charge in [0.15, 0.2) is 0 Å². The average Bonchev–Trinajstić information content (AvgIpc) is 2.85. The number of likely N-dealkylation sites (tertiary alicyclic amines) is 1. The molecule has 2 unspecified atom stereocenters. The summed E-state index contributed by atoms with van der Waals surface area (Å²) in [5.41, 5.74) is -0.322. The summed E-state index contributed by atoms with van der Waals surface area (Å²) in [6.07, 6.45) is 3.17. The van der Waals surface area contributed by atoms with Gasteiger partial charge in [0.1, 0.15) is 5.60 Å². The van der Waals surface area contributed by atoms with E-state index in [0.717, 1.165) is 25.9 Å². The van der Waals surface area contributed by atoms with Crippen LogP contribution in [0, 0.1) is 5.92 Å². The van der Waals surface area contributed by atoms with E-state index >= 15 is 0 Å². The topological polar surface area (TPSA) is 50.8 Å². The Morgan fingerprint density at radius 3 is 3.06 bits per heavy atom. The number of rotatable bonds is 3. The highest BCUT2D eigenvalue weighted by Crippen LogP contribution is 2.22. The van der Waals surface area contributed by atoms with Crippen LogP contribution < -0.4 is 5.32 Å². The Labute approximate surface area is 109 Å². The van der Waals surface area contributed by atoms with Crippen LogP contribution in [-0.4, -0.2) is 56.5 Å². The van der Waals surface area contributed by atoms with Crippen molar-refractivity contribution in [3.63, 3.8) is 0 Å². The number of nitrogens with zero attached hydrogens (tertiary/aromatic N) is 1. The molecule has 2 fully saturated rings. The Balaban J connectivity index is 1.80. The number of amides is 2. The van der Waals surface area contributed by atoms with E-state index in [1.54, 1.807) is 7.11 Å². The van der Waals surface area contributed by atoms with Crippen molar-refractivity contribution in [3.05, 3.63) is 0 Å². The molecule has 2 saturated heterocycles. The molecule has 0 aromatic rings. The zero-order valence-electron chi connectivity index (χ0n) is 11.4. The van der Waals surface area contributed by atoms with E-state index in [0.29, 0.717) is 25.7 Å². The van der Waals surface area contributed by atoms with Crippen molar-refractivity contribution in [2.24, 2.45) is 5.92 Å². The van der Waals surface area contributed by atoms with Crippen molar-refractivity contribution in [1.82, 2.24) is 10.2 Å². The number of ether oxygens (including phenoxy) is 2. The largest absolute Gasteiger partial charge is 0.378 e. The molecule has 104 valence electrons. The number of hydrogen-bond acceptors (Lipinski definition) is 3. The summed E-state index contributed by atoms with van der Waals surface area (Å²) in [6.45, 7) is 5.74. The molecule has 5 heteroatoms. The second-order valence-electron chi connectivity index (χ2n) is 5.54. The zero-order chi connectivity index (χ0) is 13.0. The molecule has 2 aliphatic rings. The standard InChI is InChI=1S/C13H24N2O3/c1-11-4-3-6-15(8-11)12(16)14-9-13(17-2)5-7-18-10-13/h11H,3-10H2,1-2H3,(H,14,16). The second kappa shape index (κ2) is 5.89. The molecule has 0 bridgehead atoms. The summed E-state index contributed by atoms with van der Waals surface area (Å²) < 4.78 is 10.9. The Morgan fingerprint density at radius 1 is 1.61 bits per heavy atom. The molecular formula is C13H24N2O3. The van der Waals surface area contributed by atoms with Gasteiger partial charge in [0.25, 0.3) is 0 Å². The lowest BCUT2D eigenvalue weighted by atomic mass is 10.0. The van der Waals surface area contributed by atoms with Crippen LogP contribution in [0.15, 0.2) is 0 Å². The van der Waals surface area contributed by atoms with Crippen molar-refractivity contribution in [2.45, 2.75) is 31.8 Å². The molecule has 0 aromatic carbocycles. The minimum absolute atomic E-state index is 0.0323. The molecule has 18 heavy (non-hydrogen) atoms. The van der Waals surface area contributed by atoms with E-state index in [1.165, 1.54) is 6.42 Å². The molecule has 0 saturated carbocycles. The number of nitrogens with one attached hydrogen (secondary N) is 1. The predicted octanol–water partition coefficient (Wildman–Crippen LogP) is 1.23. The summed E-state index contributed by atoms with van der Waals surface area (Å²) in [7, 11) is 1.68. The number of piperidine rings is 1. The average molecular weight is 256 g/mol. The first-order chi connectivity index (χ1) is 8.65. The van der Waals surface area contributed by atoms with Crippen molar-refractivity contribution in [3.8, 4) is 0 Å². The SMILES string of the molecule is COC1(CNC(=O)N2CCCC(C)C2)CCOC1. The van der Waals surface area contributed by atoms with E-state index in [2.05, 4.69) is 12.2 Å². The lowest BCUT2D eigenvalue weighted by Gasteiger charge is -2.33. The van der Waals surface area contributed by atoms with Crippen LogP contribution in [0.1, 0.15) is 26.2 Å². The van der Waals surface area contributed by atoms with Crippen molar-refractivity contribution >= 4 is 6.03 Å². The van der Waals surface area contributed by atoms with Gasteiger partial charge >= 0.3 is 6.03 Å². The Hall–Kier alpha value is -0.810. The number of urea groups is 1. The third kappa shape index (κ3) is 3.14. The van der Waals surface area contributed by atoms with Crippen molar-refractivity contribution in [2.75, 3.05) is 40.0 Å². The molecular weight excluding hydrogens is 232 g/mol.